The van der Waals surface area contributed by atoms with Gasteiger partial charge in [-0.15, -0.1) is 4.33 Å². The third kappa shape index (κ3) is 6.07. The molecule has 0 saturated carbocycles. The molecule has 0 aliphatic rings. The SMILES string of the molecule is OOONOOOS. The minimum atomic E-state index is 1.47. The minimum Gasteiger partial charge on any atom is -0.220 e. The molecule has 0 saturated heterocycles. The highest BCUT2D eigenvalue weighted by Gasteiger charge is 1.82. The number of rotatable bonds is 5. The summed E-state index contributed by atoms with van der Waals surface area (Å²) in [5.41, 5.74) is 1.47. The Hall–Kier alpha value is 0.0700. The molecular formula is H3NO6S. The van der Waals surface area contributed by atoms with Crippen LogP contribution in [0.15, 0.2) is 0 Å². The van der Waals surface area contributed by atoms with Crippen molar-refractivity contribution < 1.29 is 29.6 Å². The molecule has 0 radical (unpaired) electrons. The van der Waals surface area contributed by atoms with Crippen LogP contribution in [-0.2, 0) is 24.4 Å². The van der Waals surface area contributed by atoms with Crippen LogP contribution in [0.4, 0.5) is 0 Å². The van der Waals surface area contributed by atoms with Crippen LogP contribution in [0.3, 0.4) is 0 Å². The average Bonchev–Trinajstić information content (AvgIpc) is 1.81. The maximum atomic E-state index is 7.39. The van der Waals surface area contributed by atoms with E-state index < -0.39 is 0 Å². The highest BCUT2D eigenvalue weighted by molar-refractivity contribution is 7.74. The summed E-state index contributed by atoms with van der Waals surface area (Å²) >= 11 is 3.08. The monoisotopic (exact) mass is 145 g/mol. The molecule has 8 heavy (non-hydrogen) atoms. The summed E-state index contributed by atoms with van der Waals surface area (Å²) in [5, 5.41) is 13.9. The molecular weight excluding hydrogens is 142 g/mol. The van der Waals surface area contributed by atoms with Gasteiger partial charge in [0.05, 0.1) is 0 Å². The first-order valence-electron chi connectivity index (χ1n) is 1.27. The van der Waals surface area contributed by atoms with Crippen LogP contribution in [0, 0.1) is 0 Å². The fourth-order valence-electron chi connectivity index (χ4n) is 0.0582. The zero-order valence-corrected chi connectivity index (χ0v) is 4.33. The molecule has 0 aliphatic heterocycles. The lowest BCUT2D eigenvalue weighted by molar-refractivity contribution is -0.608. The van der Waals surface area contributed by atoms with Crippen LogP contribution >= 0.6 is 12.9 Å². The Balaban J connectivity index is 2.53. The summed E-state index contributed by atoms with van der Waals surface area (Å²) in [4.78, 5) is 7.15. The average molecular weight is 145 g/mol. The Morgan fingerprint density at radius 2 is 2.12 bits per heavy atom. The van der Waals surface area contributed by atoms with E-state index in [9.17, 15) is 0 Å². The number of hydrogen-bond acceptors (Lipinski definition) is 8. The van der Waals surface area contributed by atoms with Crippen molar-refractivity contribution in [2.24, 2.45) is 0 Å². The summed E-state index contributed by atoms with van der Waals surface area (Å²) in [6.45, 7) is 0. The van der Waals surface area contributed by atoms with E-state index in [0.29, 0.717) is 0 Å². The molecule has 0 atom stereocenters. The maximum absolute atomic E-state index is 7.39. The Morgan fingerprint density at radius 3 is 2.62 bits per heavy atom. The van der Waals surface area contributed by atoms with E-state index in [1.807, 2.05) is 0 Å². The molecule has 8 heteroatoms. The van der Waals surface area contributed by atoms with Crippen molar-refractivity contribution in [2.75, 3.05) is 0 Å². The van der Waals surface area contributed by atoms with E-state index >= 15 is 0 Å². The maximum Gasteiger partial charge on any atom is 0.0182 e. The molecule has 50 valence electrons. The third-order valence-corrected chi connectivity index (χ3v) is 0.231. The van der Waals surface area contributed by atoms with Gasteiger partial charge in [0.15, 0.2) is 0 Å². The van der Waals surface area contributed by atoms with Gasteiger partial charge in [0, 0.05) is 12.9 Å². The van der Waals surface area contributed by atoms with E-state index in [-0.39, 0.29) is 0 Å². The van der Waals surface area contributed by atoms with Gasteiger partial charge in [-0.2, -0.15) is 0 Å². The molecule has 0 aromatic heterocycles. The van der Waals surface area contributed by atoms with Gasteiger partial charge in [0.2, 0.25) is 0 Å². The Kier molecular flexibility index (Phi) is 7.13. The van der Waals surface area contributed by atoms with Crippen molar-refractivity contribution in [3.05, 3.63) is 0 Å². The smallest absolute Gasteiger partial charge is 0.0182 e. The van der Waals surface area contributed by atoms with Crippen molar-refractivity contribution >= 4 is 12.9 Å². The van der Waals surface area contributed by atoms with Gasteiger partial charge < -0.3 is 0 Å². The van der Waals surface area contributed by atoms with E-state index in [1.54, 1.807) is 0 Å². The number of nitrogens with one attached hydrogen (secondary N) is 1. The summed E-state index contributed by atoms with van der Waals surface area (Å²) in [6.07, 6.45) is 0. The van der Waals surface area contributed by atoms with Crippen LogP contribution < -0.4 is 5.64 Å². The lowest BCUT2D eigenvalue weighted by Gasteiger charge is -1.94. The molecule has 0 unspecified atom stereocenters. The van der Waals surface area contributed by atoms with E-state index in [1.165, 1.54) is 5.64 Å². The second-order valence-electron chi connectivity index (χ2n) is 0.467. The molecule has 7 nitrogen and oxygen atoms in total. The third-order valence-electron chi connectivity index (χ3n) is 0.170. The zero-order valence-electron chi connectivity index (χ0n) is 3.44. The van der Waals surface area contributed by atoms with Gasteiger partial charge >= 0.3 is 0 Å². The first-order chi connectivity index (χ1) is 3.91. The second-order valence-corrected chi connectivity index (χ2v) is 0.616. The molecule has 0 fully saturated rings. The summed E-state index contributed by atoms with van der Waals surface area (Å²) in [5.74, 6) is 0. The van der Waals surface area contributed by atoms with Gasteiger partial charge in [-0.25, -0.2) is 5.26 Å². The second kappa shape index (κ2) is 7.07. The molecule has 0 aromatic carbocycles. The molecule has 0 aliphatic carbocycles. The van der Waals surface area contributed by atoms with Crippen molar-refractivity contribution in [1.29, 1.82) is 0 Å². The van der Waals surface area contributed by atoms with Crippen molar-refractivity contribution in [3.8, 4) is 0 Å². The fourth-order valence-corrected chi connectivity index (χ4v) is 0.0886. The highest BCUT2D eigenvalue weighted by atomic mass is 32.1. The van der Waals surface area contributed by atoms with Gasteiger partial charge in [0.25, 0.3) is 0 Å². The van der Waals surface area contributed by atoms with E-state index in [2.05, 4.69) is 37.3 Å². The van der Waals surface area contributed by atoms with Crippen LogP contribution in [0.5, 0.6) is 0 Å². The molecule has 0 bridgehead atoms. The highest BCUT2D eigenvalue weighted by Crippen LogP contribution is 1.79. The molecule has 0 rings (SSSR count). The van der Waals surface area contributed by atoms with E-state index in [0.717, 1.165) is 0 Å². The van der Waals surface area contributed by atoms with Crippen molar-refractivity contribution in [2.45, 2.75) is 0 Å². The van der Waals surface area contributed by atoms with Crippen molar-refractivity contribution in [3.63, 3.8) is 0 Å². The van der Waals surface area contributed by atoms with Crippen LogP contribution in [0.25, 0.3) is 0 Å². The number of hydrogen-bond donors (Lipinski definition) is 3. The Bertz CT molecular complexity index is 33.5. The van der Waals surface area contributed by atoms with Crippen LogP contribution in [0.1, 0.15) is 0 Å². The first kappa shape index (κ1) is 8.07. The predicted molar refractivity (Wildman–Crippen MR) is 20.2 cm³/mol. The standard InChI is InChI=1S/H3NO6S/c2-5-3-1-4-6-7-8/h1-2,8H. The fraction of sp³-hybridized carbons (Fsp3) is 0. The molecule has 0 amide bonds. The van der Waals surface area contributed by atoms with E-state index in [4.69, 9.17) is 5.26 Å². The minimum absolute atomic E-state index is 1.47. The van der Waals surface area contributed by atoms with Gasteiger partial charge in [-0.05, 0) is 15.7 Å². The topological polar surface area (TPSA) is 78.4 Å². The Labute approximate surface area is 49.3 Å². The van der Waals surface area contributed by atoms with Crippen LogP contribution in [0.2, 0.25) is 0 Å². The van der Waals surface area contributed by atoms with Gasteiger partial charge in [-0.1, -0.05) is 9.98 Å². The Morgan fingerprint density at radius 1 is 1.38 bits per heavy atom. The number of thiol groups is 1. The molecule has 0 spiro atoms. The summed E-state index contributed by atoms with van der Waals surface area (Å²) < 4.78 is 3.58. The lowest BCUT2D eigenvalue weighted by Crippen LogP contribution is -2.14. The lowest BCUT2D eigenvalue weighted by atomic mass is 13.2. The predicted octanol–water partition coefficient (Wildman–Crippen LogP) is -0.448. The summed E-state index contributed by atoms with van der Waals surface area (Å²) in [6, 6.07) is 0. The first-order valence-corrected chi connectivity index (χ1v) is 1.64. The van der Waals surface area contributed by atoms with Crippen molar-refractivity contribution in [1.82, 2.24) is 5.64 Å². The van der Waals surface area contributed by atoms with Crippen LogP contribution in [-0.4, -0.2) is 5.26 Å². The zero-order chi connectivity index (χ0) is 6.24. The molecule has 0 aromatic rings. The molecule has 0 heterocycles. The largest absolute Gasteiger partial charge is 0.220 e. The van der Waals surface area contributed by atoms with Gasteiger partial charge in [-0.3, -0.25) is 0 Å². The summed E-state index contributed by atoms with van der Waals surface area (Å²) in [7, 11) is 0. The molecule has 2 N–H and O–H groups in total. The van der Waals surface area contributed by atoms with Gasteiger partial charge in [0.1, 0.15) is 0 Å². The normalized spacial score (nSPS) is 9.75. The quantitative estimate of drug-likeness (QED) is 0.159.